The number of aliphatic hydroxyl groups excluding tert-OH is 1. The van der Waals surface area contributed by atoms with Gasteiger partial charge >= 0.3 is 0 Å². The van der Waals surface area contributed by atoms with Crippen molar-refractivity contribution in [2.45, 2.75) is 45.9 Å². The molecule has 0 amide bonds. The zero-order valence-electron chi connectivity index (χ0n) is 13.8. The third-order valence-corrected chi connectivity index (χ3v) is 3.94. The van der Waals surface area contributed by atoms with Crippen LogP contribution in [-0.2, 0) is 17.9 Å². The fraction of sp³-hybridized carbons (Fsp3) is 0.647. The summed E-state index contributed by atoms with van der Waals surface area (Å²) in [5, 5.41) is 9.33. The maximum atomic E-state index is 9.33. The lowest BCUT2D eigenvalue weighted by molar-refractivity contribution is 0.109. The van der Waals surface area contributed by atoms with E-state index in [-0.39, 0.29) is 6.61 Å². The Bertz CT molecular complexity index is 405. The number of rotatable bonds is 10. The van der Waals surface area contributed by atoms with Crippen molar-refractivity contribution in [1.29, 1.82) is 0 Å². The molecular weight excluding hydrogens is 266 g/mol. The first kappa shape index (κ1) is 18.0. The molecule has 0 aliphatic heterocycles. The van der Waals surface area contributed by atoms with Gasteiger partial charge in [0.05, 0.1) is 20.3 Å². The molecule has 0 unspecified atom stereocenters. The Balaban J connectivity index is 2.94. The standard InChI is InChI=1S/C17H29NO3/c1-5-16(6-2)18(9-10-20-3)12-15-11-14(13-19)7-8-17(15)21-4/h7-8,11,16,19H,5-6,9-10,12-13H2,1-4H3. The van der Waals surface area contributed by atoms with Crippen LogP contribution >= 0.6 is 0 Å². The van der Waals surface area contributed by atoms with Gasteiger partial charge in [-0.2, -0.15) is 0 Å². The Morgan fingerprint density at radius 3 is 2.43 bits per heavy atom. The second-order valence-electron chi connectivity index (χ2n) is 5.24. The van der Waals surface area contributed by atoms with Gasteiger partial charge in [0.25, 0.3) is 0 Å². The van der Waals surface area contributed by atoms with Gasteiger partial charge < -0.3 is 14.6 Å². The molecule has 0 aliphatic rings. The average Bonchev–Trinajstić information content (AvgIpc) is 2.53. The van der Waals surface area contributed by atoms with Gasteiger partial charge in [-0.15, -0.1) is 0 Å². The molecule has 0 radical (unpaired) electrons. The summed E-state index contributed by atoms with van der Waals surface area (Å²) < 4.78 is 10.7. The molecule has 0 aliphatic carbocycles. The van der Waals surface area contributed by atoms with Gasteiger partial charge in [0.1, 0.15) is 5.75 Å². The van der Waals surface area contributed by atoms with Crippen LogP contribution in [0.1, 0.15) is 37.8 Å². The molecule has 0 spiro atoms. The van der Waals surface area contributed by atoms with Gasteiger partial charge in [-0.05, 0) is 30.5 Å². The van der Waals surface area contributed by atoms with Crippen molar-refractivity contribution < 1.29 is 14.6 Å². The first-order valence-electron chi connectivity index (χ1n) is 7.69. The summed E-state index contributed by atoms with van der Waals surface area (Å²) in [6.45, 7) is 6.92. The van der Waals surface area contributed by atoms with Crippen LogP contribution in [0.3, 0.4) is 0 Å². The van der Waals surface area contributed by atoms with Crippen LogP contribution in [0.4, 0.5) is 0 Å². The Kier molecular flexibility index (Phi) is 8.35. The van der Waals surface area contributed by atoms with E-state index in [4.69, 9.17) is 9.47 Å². The van der Waals surface area contributed by atoms with Gasteiger partial charge in [-0.25, -0.2) is 0 Å². The van der Waals surface area contributed by atoms with Crippen molar-refractivity contribution in [3.8, 4) is 5.75 Å². The van der Waals surface area contributed by atoms with Crippen LogP contribution in [-0.4, -0.2) is 43.4 Å². The second-order valence-corrected chi connectivity index (χ2v) is 5.24. The number of hydrogen-bond donors (Lipinski definition) is 1. The van der Waals surface area contributed by atoms with Crippen LogP contribution < -0.4 is 4.74 Å². The number of aliphatic hydroxyl groups is 1. The summed E-state index contributed by atoms with van der Waals surface area (Å²) in [5.74, 6) is 0.876. The highest BCUT2D eigenvalue weighted by atomic mass is 16.5. The first-order valence-corrected chi connectivity index (χ1v) is 7.69. The Labute approximate surface area is 128 Å². The number of ether oxygens (including phenoxy) is 2. The molecule has 21 heavy (non-hydrogen) atoms. The van der Waals surface area contributed by atoms with Crippen molar-refractivity contribution >= 4 is 0 Å². The van der Waals surface area contributed by atoms with E-state index in [2.05, 4.69) is 18.7 Å². The van der Waals surface area contributed by atoms with Crippen molar-refractivity contribution in [2.75, 3.05) is 27.4 Å². The van der Waals surface area contributed by atoms with Crippen molar-refractivity contribution in [1.82, 2.24) is 4.90 Å². The molecule has 0 heterocycles. The van der Waals surface area contributed by atoms with Crippen LogP contribution in [0.2, 0.25) is 0 Å². The van der Waals surface area contributed by atoms with Gasteiger partial charge in [-0.1, -0.05) is 19.9 Å². The van der Waals surface area contributed by atoms with Crippen molar-refractivity contribution in [3.63, 3.8) is 0 Å². The lowest BCUT2D eigenvalue weighted by Crippen LogP contribution is -2.36. The second kappa shape index (κ2) is 9.77. The van der Waals surface area contributed by atoms with Crippen LogP contribution in [0.15, 0.2) is 18.2 Å². The van der Waals surface area contributed by atoms with E-state index in [1.807, 2.05) is 18.2 Å². The minimum Gasteiger partial charge on any atom is -0.496 e. The number of benzene rings is 1. The predicted octanol–water partition coefficient (Wildman–Crippen LogP) is 2.82. The molecule has 4 heteroatoms. The van der Waals surface area contributed by atoms with E-state index < -0.39 is 0 Å². The summed E-state index contributed by atoms with van der Waals surface area (Å²) >= 11 is 0. The summed E-state index contributed by atoms with van der Waals surface area (Å²) in [7, 11) is 3.42. The molecule has 1 aromatic rings. The summed E-state index contributed by atoms with van der Waals surface area (Å²) in [5.41, 5.74) is 2.04. The molecule has 1 N–H and O–H groups in total. The molecule has 0 fully saturated rings. The van der Waals surface area contributed by atoms with E-state index in [0.29, 0.717) is 6.04 Å². The molecule has 0 bridgehead atoms. The quantitative estimate of drug-likeness (QED) is 0.721. The first-order chi connectivity index (χ1) is 10.2. The number of methoxy groups -OCH3 is 2. The molecular formula is C17H29NO3. The highest BCUT2D eigenvalue weighted by Gasteiger charge is 2.17. The third kappa shape index (κ3) is 5.30. The Hall–Kier alpha value is -1.10. The third-order valence-electron chi connectivity index (χ3n) is 3.94. The van der Waals surface area contributed by atoms with Crippen molar-refractivity contribution in [2.24, 2.45) is 0 Å². The normalized spacial score (nSPS) is 11.4. The monoisotopic (exact) mass is 295 g/mol. The van der Waals surface area contributed by atoms with Crippen LogP contribution in [0, 0.1) is 0 Å². The molecule has 120 valence electrons. The Morgan fingerprint density at radius 1 is 1.19 bits per heavy atom. The molecule has 0 saturated heterocycles. The summed E-state index contributed by atoms with van der Waals surface area (Å²) in [6, 6.07) is 6.39. The van der Waals surface area contributed by atoms with E-state index in [1.165, 1.54) is 0 Å². The fourth-order valence-corrected chi connectivity index (χ4v) is 2.68. The smallest absolute Gasteiger partial charge is 0.123 e. The Morgan fingerprint density at radius 2 is 1.90 bits per heavy atom. The van der Waals surface area contributed by atoms with Gasteiger partial charge in [0.2, 0.25) is 0 Å². The predicted molar refractivity (Wildman–Crippen MR) is 85.6 cm³/mol. The minimum atomic E-state index is 0.0556. The number of hydrogen-bond acceptors (Lipinski definition) is 4. The SMILES string of the molecule is CCC(CC)N(CCOC)Cc1cc(CO)ccc1OC. The summed E-state index contributed by atoms with van der Waals surface area (Å²) in [6.07, 6.45) is 2.23. The fourth-order valence-electron chi connectivity index (χ4n) is 2.68. The van der Waals surface area contributed by atoms with Crippen LogP contribution in [0.25, 0.3) is 0 Å². The number of nitrogens with zero attached hydrogens (tertiary/aromatic N) is 1. The van der Waals surface area contributed by atoms with Gasteiger partial charge in [0, 0.05) is 31.8 Å². The van der Waals surface area contributed by atoms with E-state index >= 15 is 0 Å². The maximum Gasteiger partial charge on any atom is 0.123 e. The molecule has 4 nitrogen and oxygen atoms in total. The largest absolute Gasteiger partial charge is 0.496 e. The van der Waals surface area contributed by atoms with E-state index in [1.54, 1.807) is 14.2 Å². The zero-order chi connectivity index (χ0) is 15.7. The highest BCUT2D eigenvalue weighted by Crippen LogP contribution is 2.23. The maximum absolute atomic E-state index is 9.33. The van der Waals surface area contributed by atoms with Crippen molar-refractivity contribution in [3.05, 3.63) is 29.3 Å². The van der Waals surface area contributed by atoms with Gasteiger partial charge in [0.15, 0.2) is 0 Å². The average molecular weight is 295 g/mol. The highest BCUT2D eigenvalue weighted by molar-refractivity contribution is 5.37. The summed E-state index contributed by atoms with van der Waals surface area (Å²) in [4.78, 5) is 2.43. The molecule has 1 aromatic carbocycles. The molecule has 0 atom stereocenters. The van der Waals surface area contributed by atoms with E-state index in [9.17, 15) is 5.11 Å². The molecule has 0 aromatic heterocycles. The van der Waals surface area contributed by atoms with E-state index in [0.717, 1.165) is 49.4 Å². The minimum absolute atomic E-state index is 0.0556. The van der Waals surface area contributed by atoms with Gasteiger partial charge in [-0.3, -0.25) is 4.90 Å². The zero-order valence-corrected chi connectivity index (χ0v) is 13.8. The molecule has 1 rings (SSSR count). The van der Waals surface area contributed by atoms with Crippen LogP contribution in [0.5, 0.6) is 5.75 Å². The molecule has 0 saturated carbocycles. The lowest BCUT2D eigenvalue weighted by Gasteiger charge is -2.30. The topological polar surface area (TPSA) is 41.9 Å². The lowest BCUT2D eigenvalue weighted by atomic mass is 10.1.